The minimum atomic E-state index is -3.48. The van der Waals surface area contributed by atoms with Crippen LogP contribution in [0.25, 0.3) is 0 Å². The second-order valence-corrected chi connectivity index (χ2v) is 5.04. The van der Waals surface area contributed by atoms with Gasteiger partial charge >= 0.3 is 5.97 Å². The number of esters is 1. The quantitative estimate of drug-likeness (QED) is 0.779. The summed E-state index contributed by atoms with van der Waals surface area (Å²) >= 11 is 0. The van der Waals surface area contributed by atoms with Crippen molar-refractivity contribution in [2.24, 2.45) is 0 Å². The lowest BCUT2D eigenvalue weighted by atomic mass is 10.1. The highest BCUT2D eigenvalue weighted by molar-refractivity contribution is 7.88. The van der Waals surface area contributed by atoms with Crippen LogP contribution < -0.4 is 4.72 Å². The molecule has 5 nitrogen and oxygen atoms in total. The molecule has 0 aliphatic carbocycles. The third-order valence-electron chi connectivity index (χ3n) is 1.90. The van der Waals surface area contributed by atoms with E-state index in [0.29, 0.717) is 5.56 Å². The van der Waals surface area contributed by atoms with Crippen LogP contribution in [-0.4, -0.2) is 27.8 Å². The largest absolute Gasteiger partial charge is 0.468 e. The van der Waals surface area contributed by atoms with Crippen molar-refractivity contribution in [1.29, 1.82) is 0 Å². The summed E-state index contributed by atoms with van der Waals surface area (Å²) in [5, 5.41) is 0. The van der Waals surface area contributed by atoms with Crippen molar-refractivity contribution in [2.45, 2.75) is 6.04 Å². The third kappa shape index (κ3) is 3.63. The summed E-state index contributed by atoms with van der Waals surface area (Å²) in [7, 11) is -2.27. The molecule has 0 aliphatic rings. The van der Waals surface area contributed by atoms with Gasteiger partial charge in [0, 0.05) is 0 Å². The molecule has 0 unspecified atom stereocenters. The molecule has 1 N–H and O–H groups in total. The number of sulfonamides is 1. The molecule has 0 amide bonds. The van der Waals surface area contributed by atoms with Gasteiger partial charge in [-0.3, -0.25) is 0 Å². The molecule has 0 bridgehead atoms. The van der Waals surface area contributed by atoms with Crippen molar-refractivity contribution >= 4 is 16.0 Å². The van der Waals surface area contributed by atoms with Gasteiger partial charge in [0.15, 0.2) is 0 Å². The highest BCUT2D eigenvalue weighted by Crippen LogP contribution is 2.14. The van der Waals surface area contributed by atoms with Crippen molar-refractivity contribution < 1.29 is 17.9 Å². The van der Waals surface area contributed by atoms with Gasteiger partial charge in [-0.05, 0) is 5.56 Å². The fourth-order valence-corrected chi connectivity index (χ4v) is 1.89. The number of methoxy groups -OCH3 is 1. The van der Waals surface area contributed by atoms with E-state index < -0.39 is 22.0 Å². The summed E-state index contributed by atoms with van der Waals surface area (Å²) in [6.07, 6.45) is 0.992. The third-order valence-corrected chi connectivity index (χ3v) is 2.57. The number of ether oxygens (including phenoxy) is 1. The monoisotopic (exact) mass is 243 g/mol. The number of rotatable bonds is 4. The Morgan fingerprint density at radius 1 is 1.31 bits per heavy atom. The predicted octanol–water partition coefficient (Wildman–Crippen LogP) is 0.450. The summed E-state index contributed by atoms with van der Waals surface area (Å²) in [5.74, 6) is -0.642. The van der Waals surface area contributed by atoms with Crippen molar-refractivity contribution in [1.82, 2.24) is 4.72 Å². The smallest absolute Gasteiger partial charge is 0.328 e. The van der Waals surface area contributed by atoms with E-state index in [1.807, 2.05) is 0 Å². The Hall–Kier alpha value is -1.40. The zero-order chi connectivity index (χ0) is 12.2. The maximum atomic E-state index is 11.4. The van der Waals surface area contributed by atoms with Crippen LogP contribution in [0.5, 0.6) is 0 Å². The number of benzene rings is 1. The molecule has 0 aliphatic heterocycles. The number of nitrogens with one attached hydrogen (secondary N) is 1. The van der Waals surface area contributed by atoms with E-state index in [-0.39, 0.29) is 0 Å². The lowest BCUT2D eigenvalue weighted by Crippen LogP contribution is -2.33. The van der Waals surface area contributed by atoms with E-state index in [9.17, 15) is 13.2 Å². The van der Waals surface area contributed by atoms with E-state index in [2.05, 4.69) is 9.46 Å². The minimum absolute atomic E-state index is 0.541. The van der Waals surface area contributed by atoms with Crippen LogP contribution in [0, 0.1) is 0 Å². The van der Waals surface area contributed by atoms with E-state index in [4.69, 9.17) is 0 Å². The SMILES string of the molecule is COC(=O)[C@@H](NS(C)(=O)=O)c1ccccc1. The van der Waals surface area contributed by atoms with Gasteiger partial charge in [-0.15, -0.1) is 0 Å². The van der Waals surface area contributed by atoms with Crippen molar-refractivity contribution in [2.75, 3.05) is 13.4 Å². The first kappa shape index (κ1) is 12.7. The summed E-state index contributed by atoms with van der Waals surface area (Å²) in [6, 6.07) is 7.52. The molecule has 6 heteroatoms. The first-order valence-electron chi connectivity index (χ1n) is 4.54. The first-order chi connectivity index (χ1) is 7.44. The molecule has 0 radical (unpaired) electrons. The Labute approximate surface area is 94.5 Å². The summed E-state index contributed by atoms with van der Waals surface area (Å²) in [4.78, 5) is 11.4. The molecule has 1 rings (SSSR count). The molecule has 0 spiro atoms. The summed E-state index contributed by atoms with van der Waals surface area (Å²) in [6.45, 7) is 0. The van der Waals surface area contributed by atoms with Crippen molar-refractivity contribution in [3.63, 3.8) is 0 Å². The Bertz CT molecular complexity index is 455. The van der Waals surface area contributed by atoms with Gasteiger partial charge in [-0.25, -0.2) is 13.2 Å². The van der Waals surface area contributed by atoms with Crippen LogP contribution >= 0.6 is 0 Å². The molecule has 0 saturated carbocycles. The first-order valence-corrected chi connectivity index (χ1v) is 6.43. The Morgan fingerprint density at radius 3 is 2.31 bits per heavy atom. The average Bonchev–Trinajstić information content (AvgIpc) is 2.25. The van der Waals surface area contributed by atoms with Crippen LogP contribution in [0.4, 0.5) is 0 Å². The van der Waals surface area contributed by atoms with Gasteiger partial charge in [0.05, 0.1) is 13.4 Å². The molecule has 0 heterocycles. The normalized spacial score (nSPS) is 13.1. The predicted molar refractivity (Wildman–Crippen MR) is 59.2 cm³/mol. The average molecular weight is 243 g/mol. The number of carbonyl (C=O) groups excluding carboxylic acids is 1. The number of hydrogen-bond donors (Lipinski definition) is 1. The zero-order valence-electron chi connectivity index (χ0n) is 9.01. The second kappa shape index (κ2) is 5.09. The molecular formula is C10H13NO4S. The summed E-state index contributed by atoms with van der Waals surface area (Å²) in [5.41, 5.74) is 0.541. The maximum Gasteiger partial charge on any atom is 0.328 e. The zero-order valence-corrected chi connectivity index (χ0v) is 9.82. The van der Waals surface area contributed by atoms with E-state index in [0.717, 1.165) is 6.26 Å². The van der Waals surface area contributed by atoms with Crippen LogP contribution in [0.2, 0.25) is 0 Å². The van der Waals surface area contributed by atoms with Gasteiger partial charge in [0.1, 0.15) is 6.04 Å². The van der Waals surface area contributed by atoms with Crippen molar-refractivity contribution in [3.05, 3.63) is 35.9 Å². The van der Waals surface area contributed by atoms with E-state index in [1.54, 1.807) is 30.3 Å². The summed E-state index contributed by atoms with van der Waals surface area (Å²) < 4.78 is 29.0. The number of carbonyl (C=O) groups is 1. The molecule has 1 atom stereocenters. The van der Waals surface area contributed by atoms with Crippen LogP contribution in [0.1, 0.15) is 11.6 Å². The molecule has 1 aromatic carbocycles. The van der Waals surface area contributed by atoms with Gasteiger partial charge < -0.3 is 4.74 Å². The van der Waals surface area contributed by atoms with Crippen LogP contribution in [0.15, 0.2) is 30.3 Å². The van der Waals surface area contributed by atoms with Gasteiger partial charge in [-0.2, -0.15) is 4.72 Å². The standard InChI is InChI=1S/C10H13NO4S/c1-15-10(12)9(11-16(2,13)14)8-6-4-3-5-7-8/h3-7,9,11H,1-2H3/t9-/m0/s1. The van der Waals surface area contributed by atoms with E-state index >= 15 is 0 Å². The Morgan fingerprint density at radius 2 is 1.88 bits per heavy atom. The lowest BCUT2D eigenvalue weighted by Gasteiger charge is -2.15. The van der Waals surface area contributed by atoms with Crippen molar-refractivity contribution in [3.8, 4) is 0 Å². The van der Waals surface area contributed by atoms with Gasteiger partial charge in [0.25, 0.3) is 0 Å². The fraction of sp³-hybridized carbons (Fsp3) is 0.300. The van der Waals surface area contributed by atoms with Crippen LogP contribution in [0.3, 0.4) is 0 Å². The molecule has 0 aromatic heterocycles. The fourth-order valence-electron chi connectivity index (χ4n) is 1.23. The van der Waals surface area contributed by atoms with Crippen LogP contribution in [-0.2, 0) is 19.6 Å². The minimum Gasteiger partial charge on any atom is -0.468 e. The second-order valence-electron chi connectivity index (χ2n) is 3.26. The maximum absolute atomic E-state index is 11.4. The molecule has 16 heavy (non-hydrogen) atoms. The van der Waals surface area contributed by atoms with Gasteiger partial charge in [-0.1, -0.05) is 30.3 Å². The highest BCUT2D eigenvalue weighted by atomic mass is 32.2. The molecule has 0 fully saturated rings. The Balaban J connectivity index is 3.02. The molecule has 88 valence electrons. The topological polar surface area (TPSA) is 72.5 Å². The molecule has 0 saturated heterocycles. The molecular weight excluding hydrogens is 230 g/mol. The molecule has 1 aromatic rings. The lowest BCUT2D eigenvalue weighted by molar-refractivity contribution is -0.142. The van der Waals surface area contributed by atoms with Gasteiger partial charge in [0.2, 0.25) is 10.0 Å². The Kier molecular flexibility index (Phi) is 4.03. The highest BCUT2D eigenvalue weighted by Gasteiger charge is 2.24. The van der Waals surface area contributed by atoms with E-state index in [1.165, 1.54) is 7.11 Å². The number of hydrogen-bond acceptors (Lipinski definition) is 4.